The van der Waals surface area contributed by atoms with Gasteiger partial charge >= 0.3 is 5.97 Å². The summed E-state index contributed by atoms with van der Waals surface area (Å²) < 4.78 is 20.9. The van der Waals surface area contributed by atoms with Crippen LogP contribution in [0.4, 0.5) is 10.2 Å². The number of halogens is 1. The van der Waals surface area contributed by atoms with E-state index >= 15 is 0 Å². The molecule has 2 aromatic rings. The van der Waals surface area contributed by atoms with E-state index in [0.717, 1.165) is 25.7 Å². The summed E-state index contributed by atoms with van der Waals surface area (Å²) in [7, 11) is 0. The van der Waals surface area contributed by atoms with Crippen molar-refractivity contribution in [2.45, 2.75) is 59.4 Å². The number of carbonyl (C=O) groups excluding carboxylic acids is 2. The van der Waals surface area contributed by atoms with Gasteiger partial charge in [0.05, 0.1) is 6.61 Å². The smallest absolute Gasteiger partial charge is 0.343 e. The topological polar surface area (TPSA) is 64.4 Å². The third kappa shape index (κ3) is 4.55. The Bertz CT molecular complexity index is 901. The minimum absolute atomic E-state index is 0.0405. The Kier molecular flexibility index (Phi) is 6.90. The second kappa shape index (κ2) is 9.41. The van der Waals surface area contributed by atoms with Crippen LogP contribution in [0.1, 0.15) is 63.7 Å². The zero-order valence-corrected chi connectivity index (χ0v) is 18.1. The van der Waals surface area contributed by atoms with Crippen LogP contribution in [0.25, 0.3) is 5.69 Å². The van der Waals surface area contributed by atoms with Crippen molar-refractivity contribution in [3.63, 3.8) is 0 Å². The van der Waals surface area contributed by atoms with Crippen molar-refractivity contribution in [1.82, 2.24) is 9.78 Å². The van der Waals surface area contributed by atoms with Crippen LogP contribution in [0.3, 0.4) is 0 Å². The van der Waals surface area contributed by atoms with E-state index in [1.807, 2.05) is 13.8 Å². The Morgan fingerprint density at radius 1 is 1.23 bits per heavy atom. The fourth-order valence-electron chi connectivity index (χ4n) is 3.96. The Labute approximate surface area is 177 Å². The average molecular weight is 416 g/mol. The van der Waals surface area contributed by atoms with Gasteiger partial charge in [0.1, 0.15) is 17.1 Å². The number of esters is 1. The lowest BCUT2D eigenvalue weighted by Crippen LogP contribution is -2.43. The fraction of sp³-hybridized carbons (Fsp3) is 0.522. The summed E-state index contributed by atoms with van der Waals surface area (Å²) in [6.07, 6.45) is 5.11. The molecule has 0 N–H and O–H groups in total. The minimum atomic E-state index is -0.578. The van der Waals surface area contributed by atoms with E-state index in [1.54, 1.807) is 30.0 Å². The van der Waals surface area contributed by atoms with Crippen molar-refractivity contribution in [2.75, 3.05) is 11.5 Å². The van der Waals surface area contributed by atoms with Crippen LogP contribution in [0, 0.1) is 17.7 Å². The molecule has 0 aliphatic heterocycles. The highest BCUT2D eigenvalue weighted by Gasteiger charge is 2.34. The molecule has 1 saturated carbocycles. The molecule has 3 rings (SSSR count). The lowest BCUT2D eigenvalue weighted by molar-refractivity contribution is -0.123. The first-order valence-corrected chi connectivity index (χ1v) is 10.7. The van der Waals surface area contributed by atoms with Crippen molar-refractivity contribution >= 4 is 17.7 Å². The summed E-state index contributed by atoms with van der Waals surface area (Å²) >= 11 is 0. The maximum atomic E-state index is 14.4. The van der Waals surface area contributed by atoms with Crippen LogP contribution in [-0.2, 0) is 9.53 Å². The quantitative estimate of drug-likeness (QED) is 0.639. The van der Waals surface area contributed by atoms with Gasteiger partial charge in [0, 0.05) is 18.2 Å². The number of hydrogen-bond donors (Lipinski definition) is 0. The minimum Gasteiger partial charge on any atom is -0.462 e. The summed E-state index contributed by atoms with van der Waals surface area (Å²) in [4.78, 5) is 27.7. The number of amides is 1. The molecule has 0 atom stereocenters. The number of aromatic nitrogens is 2. The van der Waals surface area contributed by atoms with Gasteiger partial charge in [-0.2, -0.15) is 0 Å². The number of rotatable bonds is 6. The number of para-hydroxylation sites is 1. The van der Waals surface area contributed by atoms with Crippen molar-refractivity contribution in [3.05, 3.63) is 41.8 Å². The van der Waals surface area contributed by atoms with Gasteiger partial charge in [0.15, 0.2) is 5.82 Å². The van der Waals surface area contributed by atoms with Gasteiger partial charge < -0.3 is 4.74 Å². The number of nitrogens with zero attached hydrogens (tertiary/aromatic N) is 3. The molecular weight excluding hydrogens is 385 g/mol. The molecular formula is C23H30FN3O3. The van der Waals surface area contributed by atoms with Crippen LogP contribution in [0.2, 0.25) is 0 Å². The maximum Gasteiger partial charge on any atom is 0.343 e. The fourth-order valence-corrected chi connectivity index (χ4v) is 3.96. The largest absolute Gasteiger partial charge is 0.462 e. The first-order valence-electron chi connectivity index (χ1n) is 10.7. The molecule has 1 aliphatic rings. The van der Waals surface area contributed by atoms with E-state index in [4.69, 9.17) is 4.74 Å². The van der Waals surface area contributed by atoms with E-state index in [2.05, 4.69) is 12.0 Å². The van der Waals surface area contributed by atoms with Crippen molar-refractivity contribution in [3.8, 4) is 5.69 Å². The van der Waals surface area contributed by atoms with Gasteiger partial charge in [-0.25, -0.2) is 13.9 Å². The van der Waals surface area contributed by atoms with Crippen LogP contribution >= 0.6 is 0 Å². The second-order valence-electron chi connectivity index (χ2n) is 8.24. The Morgan fingerprint density at radius 3 is 2.50 bits per heavy atom. The van der Waals surface area contributed by atoms with Gasteiger partial charge in [-0.05, 0) is 64.5 Å². The first kappa shape index (κ1) is 22.0. The molecule has 1 fully saturated rings. The monoisotopic (exact) mass is 415 g/mol. The highest BCUT2D eigenvalue weighted by molar-refractivity contribution is 6.02. The Morgan fingerprint density at radius 2 is 1.90 bits per heavy atom. The molecule has 1 heterocycles. The third-order valence-electron chi connectivity index (χ3n) is 5.64. The lowest BCUT2D eigenvalue weighted by Gasteiger charge is -2.32. The molecule has 1 aliphatic carbocycles. The van der Waals surface area contributed by atoms with Crippen molar-refractivity contribution in [1.29, 1.82) is 0 Å². The molecule has 1 aromatic carbocycles. The molecule has 1 amide bonds. The average Bonchev–Trinajstić information content (AvgIpc) is 3.13. The number of anilines is 1. The van der Waals surface area contributed by atoms with Gasteiger partial charge in [-0.3, -0.25) is 9.69 Å². The maximum absolute atomic E-state index is 14.4. The highest BCUT2D eigenvalue weighted by Crippen LogP contribution is 2.33. The summed E-state index contributed by atoms with van der Waals surface area (Å²) in [5, 5.41) is 4.48. The molecule has 0 saturated heterocycles. The summed E-state index contributed by atoms with van der Waals surface area (Å²) in [5.41, 5.74) is 0.364. The predicted molar refractivity (Wildman–Crippen MR) is 113 cm³/mol. The summed E-state index contributed by atoms with van der Waals surface area (Å²) in [6.45, 7) is 7.89. The molecule has 30 heavy (non-hydrogen) atoms. The predicted octanol–water partition coefficient (Wildman–Crippen LogP) is 4.76. The van der Waals surface area contributed by atoms with Gasteiger partial charge in [-0.1, -0.05) is 19.1 Å². The Balaban J connectivity index is 2.04. The molecule has 162 valence electrons. The third-order valence-corrected chi connectivity index (χ3v) is 5.64. The number of carbonyl (C=O) groups is 2. The normalized spacial score (nSPS) is 19.0. The van der Waals surface area contributed by atoms with Crippen molar-refractivity contribution in [2.24, 2.45) is 11.8 Å². The molecule has 0 unspecified atom stereocenters. The summed E-state index contributed by atoms with van der Waals surface area (Å²) in [6, 6.07) is 5.97. The standard InChI is InChI=1S/C23H30FN3O3/c1-5-30-23(29)18-14-26(20-9-7-6-8-19(20)24)25-21(18)27(15(2)3)22(28)17-12-10-16(4)11-13-17/h6-9,14-17H,5,10-13H2,1-4H3/t16-,17-. The molecule has 0 bridgehead atoms. The number of ether oxygens (including phenoxy) is 1. The van der Waals surface area contributed by atoms with Gasteiger partial charge in [-0.15, -0.1) is 5.10 Å². The van der Waals surface area contributed by atoms with Crippen LogP contribution < -0.4 is 4.90 Å². The van der Waals surface area contributed by atoms with Crippen LogP contribution in [0.5, 0.6) is 0 Å². The molecule has 1 aromatic heterocycles. The van der Waals surface area contributed by atoms with Gasteiger partial charge in [0.2, 0.25) is 5.91 Å². The second-order valence-corrected chi connectivity index (χ2v) is 8.24. The van der Waals surface area contributed by atoms with Crippen LogP contribution in [-0.4, -0.2) is 34.3 Å². The molecule has 6 nitrogen and oxygen atoms in total. The lowest BCUT2D eigenvalue weighted by atomic mass is 9.82. The zero-order chi connectivity index (χ0) is 21.8. The van der Waals surface area contributed by atoms with E-state index in [0.29, 0.717) is 5.92 Å². The SMILES string of the molecule is CCOC(=O)c1cn(-c2ccccc2F)nc1N(C(=O)[C@H]1CC[C@H](C)CC1)C(C)C. The Hall–Kier alpha value is -2.70. The van der Waals surface area contributed by atoms with Crippen molar-refractivity contribution < 1.29 is 18.7 Å². The zero-order valence-electron chi connectivity index (χ0n) is 18.1. The van der Waals surface area contributed by atoms with E-state index < -0.39 is 11.8 Å². The van der Waals surface area contributed by atoms with E-state index in [-0.39, 0.29) is 41.5 Å². The highest BCUT2D eigenvalue weighted by atomic mass is 19.1. The molecule has 0 radical (unpaired) electrons. The van der Waals surface area contributed by atoms with Gasteiger partial charge in [0.25, 0.3) is 0 Å². The first-order chi connectivity index (χ1) is 14.3. The summed E-state index contributed by atoms with van der Waals surface area (Å²) in [5.74, 6) is -0.345. The van der Waals surface area contributed by atoms with E-state index in [9.17, 15) is 14.0 Å². The molecule has 7 heteroatoms. The van der Waals surface area contributed by atoms with Crippen LogP contribution in [0.15, 0.2) is 30.5 Å². The molecule has 0 spiro atoms. The number of hydrogen-bond acceptors (Lipinski definition) is 4. The van der Waals surface area contributed by atoms with E-state index in [1.165, 1.54) is 16.9 Å². The number of benzene rings is 1.